The van der Waals surface area contributed by atoms with Crippen molar-refractivity contribution in [3.05, 3.63) is 39.3 Å². The molecule has 0 radical (unpaired) electrons. The molecule has 20 heavy (non-hydrogen) atoms. The van der Waals surface area contributed by atoms with Gasteiger partial charge in [-0.3, -0.25) is 9.36 Å². The van der Waals surface area contributed by atoms with Crippen LogP contribution in [0.4, 0.5) is 0 Å². The lowest BCUT2D eigenvalue weighted by atomic mass is 10.1. The number of nitrogens with two attached hydrogens (primary N) is 1. The number of hydrogen-bond acceptors (Lipinski definition) is 4. The van der Waals surface area contributed by atoms with Gasteiger partial charge < -0.3 is 10.5 Å². The van der Waals surface area contributed by atoms with E-state index in [0.717, 1.165) is 36.5 Å². The minimum Gasteiger partial charge on any atom is -0.494 e. The van der Waals surface area contributed by atoms with Crippen molar-refractivity contribution in [1.29, 1.82) is 0 Å². The molecule has 0 unspecified atom stereocenters. The Morgan fingerprint density at radius 3 is 2.70 bits per heavy atom. The Bertz CT molecular complexity index is 587. The highest BCUT2D eigenvalue weighted by Gasteiger charge is 2.08. The molecule has 0 atom stereocenters. The molecule has 0 amide bonds. The van der Waals surface area contributed by atoms with E-state index in [0.29, 0.717) is 13.1 Å². The number of thiazole rings is 1. The molecule has 0 saturated carbocycles. The molecule has 0 aliphatic carbocycles. The Balaban J connectivity index is 2.21. The third-order valence-electron chi connectivity index (χ3n) is 2.99. The molecule has 5 heteroatoms. The summed E-state index contributed by atoms with van der Waals surface area (Å²) < 4.78 is 7.36. The molecule has 4 nitrogen and oxygen atoms in total. The van der Waals surface area contributed by atoms with Crippen LogP contribution in [0.5, 0.6) is 5.75 Å². The predicted octanol–water partition coefficient (Wildman–Crippen LogP) is 2.71. The van der Waals surface area contributed by atoms with E-state index in [1.165, 1.54) is 11.3 Å². The highest BCUT2D eigenvalue weighted by atomic mass is 32.1. The fourth-order valence-corrected chi connectivity index (χ4v) is 2.75. The summed E-state index contributed by atoms with van der Waals surface area (Å²) in [5.74, 6) is 0.863. The van der Waals surface area contributed by atoms with E-state index >= 15 is 0 Å². The lowest BCUT2D eigenvalue weighted by Gasteiger charge is -2.08. The number of ether oxygens (including phenoxy) is 1. The van der Waals surface area contributed by atoms with Gasteiger partial charge in [-0.25, -0.2) is 0 Å². The van der Waals surface area contributed by atoms with Gasteiger partial charge in [0, 0.05) is 11.9 Å². The Hall–Kier alpha value is -1.59. The summed E-state index contributed by atoms with van der Waals surface area (Å²) in [7, 11) is 0. The molecule has 0 aliphatic heterocycles. The van der Waals surface area contributed by atoms with Crippen LogP contribution in [0.1, 0.15) is 19.8 Å². The van der Waals surface area contributed by atoms with Crippen molar-refractivity contribution in [3.63, 3.8) is 0 Å². The van der Waals surface area contributed by atoms with Gasteiger partial charge in [0.1, 0.15) is 5.75 Å². The minimum atomic E-state index is 0.0692. The van der Waals surface area contributed by atoms with Gasteiger partial charge >= 0.3 is 4.87 Å². The first kappa shape index (κ1) is 14.8. The van der Waals surface area contributed by atoms with Crippen LogP contribution in [0.15, 0.2) is 34.4 Å². The van der Waals surface area contributed by atoms with Crippen molar-refractivity contribution in [2.75, 3.05) is 13.2 Å². The molecule has 1 aromatic carbocycles. The zero-order valence-corrected chi connectivity index (χ0v) is 12.5. The van der Waals surface area contributed by atoms with Gasteiger partial charge in [-0.05, 0) is 49.2 Å². The number of nitrogens with zero attached hydrogens (tertiary/aromatic N) is 1. The van der Waals surface area contributed by atoms with Crippen LogP contribution in [0, 0.1) is 0 Å². The second-order valence-corrected chi connectivity index (χ2v) is 5.37. The van der Waals surface area contributed by atoms with Crippen molar-refractivity contribution < 1.29 is 4.74 Å². The Kier molecular flexibility index (Phi) is 5.38. The number of benzene rings is 1. The van der Waals surface area contributed by atoms with Crippen molar-refractivity contribution in [3.8, 4) is 17.0 Å². The topological polar surface area (TPSA) is 57.2 Å². The second kappa shape index (κ2) is 7.26. The molecule has 0 saturated heterocycles. The number of rotatable bonds is 7. The van der Waals surface area contributed by atoms with Gasteiger partial charge in [-0.2, -0.15) is 0 Å². The first-order valence-corrected chi connectivity index (χ1v) is 7.76. The maximum absolute atomic E-state index is 11.8. The standard InChI is InChI=1S/C15H20N2O2S/c1-2-10-19-13-6-4-12(5-7-13)14-11-20-15(18)17(14)9-3-8-16/h4-7,11H,2-3,8-10,16H2,1H3. The van der Waals surface area contributed by atoms with Gasteiger partial charge in [-0.15, -0.1) is 0 Å². The van der Waals surface area contributed by atoms with Gasteiger partial charge in [0.25, 0.3) is 0 Å². The van der Waals surface area contributed by atoms with Gasteiger partial charge in [0.05, 0.1) is 12.3 Å². The smallest absolute Gasteiger partial charge is 0.307 e. The molecule has 108 valence electrons. The molecule has 1 aromatic heterocycles. The maximum Gasteiger partial charge on any atom is 0.307 e. The SMILES string of the molecule is CCCOc1ccc(-c2csc(=O)n2CCCN)cc1. The molecule has 0 bridgehead atoms. The molecular formula is C15H20N2O2S. The van der Waals surface area contributed by atoms with Crippen LogP contribution in [-0.2, 0) is 6.54 Å². The first-order chi connectivity index (χ1) is 9.76. The highest BCUT2D eigenvalue weighted by molar-refractivity contribution is 7.07. The van der Waals surface area contributed by atoms with Crippen LogP contribution in [0.2, 0.25) is 0 Å². The molecule has 2 N–H and O–H groups in total. The van der Waals surface area contributed by atoms with Crippen LogP contribution in [0.3, 0.4) is 0 Å². The lowest BCUT2D eigenvalue weighted by Crippen LogP contribution is -2.16. The van der Waals surface area contributed by atoms with Crippen LogP contribution in [0.25, 0.3) is 11.3 Å². The summed E-state index contributed by atoms with van der Waals surface area (Å²) in [6.07, 6.45) is 1.80. The zero-order chi connectivity index (χ0) is 14.4. The maximum atomic E-state index is 11.8. The largest absolute Gasteiger partial charge is 0.494 e. The first-order valence-electron chi connectivity index (χ1n) is 6.88. The van der Waals surface area contributed by atoms with E-state index in [4.69, 9.17) is 10.5 Å². The van der Waals surface area contributed by atoms with E-state index in [2.05, 4.69) is 6.92 Å². The van der Waals surface area contributed by atoms with Crippen molar-refractivity contribution in [1.82, 2.24) is 4.57 Å². The summed E-state index contributed by atoms with van der Waals surface area (Å²) in [5.41, 5.74) is 7.51. The van der Waals surface area contributed by atoms with Crippen LogP contribution >= 0.6 is 11.3 Å². The third kappa shape index (κ3) is 3.49. The molecule has 0 fully saturated rings. The van der Waals surface area contributed by atoms with Crippen LogP contribution in [-0.4, -0.2) is 17.7 Å². The Morgan fingerprint density at radius 1 is 1.30 bits per heavy atom. The monoisotopic (exact) mass is 292 g/mol. The van der Waals surface area contributed by atoms with E-state index in [9.17, 15) is 4.79 Å². The molecular weight excluding hydrogens is 272 g/mol. The van der Waals surface area contributed by atoms with E-state index in [-0.39, 0.29) is 4.87 Å². The number of hydrogen-bond donors (Lipinski definition) is 1. The average molecular weight is 292 g/mol. The lowest BCUT2D eigenvalue weighted by molar-refractivity contribution is 0.317. The van der Waals surface area contributed by atoms with Crippen molar-refractivity contribution in [2.45, 2.75) is 26.3 Å². The van der Waals surface area contributed by atoms with Crippen molar-refractivity contribution in [2.24, 2.45) is 5.73 Å². The van der Waals surface area contributed by atoms with Gasteiger partial charge in [-0.1, -0.05) is 18.3 Å². The summed E-state index contributed by atoms with van der Waals surface area (Å²) in [6, 6.07) is 7.87. The average Bonchev–Trinajstić information content (AvgIpc) is 2.84. The fraction of sp³-hybridized carbons (Fsp3) is 0.400. The summed E-state index contributed by atoms with van der Waals surface area (Å²) >= 11 is 1.23. The molecule has 1 heterocycles. The van der Waals surface area contributed by atoms with E-state index in [1.54, 1.807) is 4.57 Å². The molecule has 0 aliphatic rings. The molecule has 0 spiro atoms. The third-order valence-corrected chi connectivity index (χ3v) is 3.75. The summed E-state index contributed by atoms with van der Waals surface area (Å²) in [5, 5.41) is 1.90. The molecule has 2 aromatic rings. The highest BCUT2D eigenvalue weighted by Crippen LogP contribution is 2.23. The Labute approximate surface area is 122 Å². The fourth-order valence-electron chi connectivity index (χ4n) is 1.96. The van der Waals surface area contributed by atoms with Gasteiger partial charge in [0.2, 0.25) is 0 Å². The van der Waals surface area contributed by atoms with Gasteiger partial charge in [0.15, 0.2) is 0 Å². The summed E-state index contributed by atoms with van der Waals surface area (Å²) in [6.45, 7) is 4.06. The quantitative estimate of drug-likeness (QED) is 0.853. The normalized spacial score (nSPS) is 10.7. The zero-order valence-electron chi connectivity index (χ0n) is 11.7. The minimum absolute atomic E-state index is 0.0692. The van der Waals surface area contributed by atoms with E-state index < -0.39 is 0 Å². The van der Waals surface area contributed by atoms with Crippen LogP contribution < -0.4 is 15.3 Å². The van der Waals surface area contributed by atoms with E-state index in [1.807, 2.05) is 29.6 Å². The second-order valence-electron chi connectivity index (χ2n) is 4.55. The van der Waals surface area contributed by atoms with Crippen molar-refractivity contribution >= 4 is 11.3 Å². The summed E-state index contributed by atoms with van der Waals surface area (Å²) in [4.78, 5) is 11.9. The number of aromatic nitrogens is 1. The Morgan fingerprint density at radius 2 is 2.05 bits per heavy atom. The molecule has 2 rings (SSSR count). The predicted molar refractivity (Wildman–Crippen MR) is 83.5 cm³/mol.